The van der Waals surface area contributed by atoms with E-state index in [0.717, 1.165) is 10.2 Å². The normalized spacial score (nSPS) is 10.2. The van der Waals surface area contributed by atoms with Crippen molar-refractivity contribution < 1.29 is 14.6 Å². The molecule has 4 nitrogen and oxygen atoms in total. The fourth-order valence-corrected chi connectivity index (χ4v) is 2.47. The molecular formula is C16H16BrNO3. The molecule has 2 aromatic rings. The molecule has 0 saturated carbocycles. The van der Waals surface area contributed by atoms with Crippen molar-refractivity contribution in [2.45, 2.75) is 6.92 Å². The number of carboxylic acids is 1. The van der Waals surface area contributed by atoms with Crippen molar-refractivity contribution in [1.82, 2.24) is 0 Å². The number of aryl methyl sites for hydroxylation is 1. The number of aromatic carboxylic acids is 1. The first-order chi connectivity index (χ1) is 10.1. The van der Waals surface area contributed by atoms with Gasteiger partial charge in [0.05, 0.1) is 5.56 Å². The topological polar surface area (TPSA) is 58.6 Å². The van der Waals surface area contributed by atoms with Gasteiger partial charge in [0.2, 0.25) is 0 Å². The standard InChI is InChI=1S/C16H16BrNO3/c1-11-5-6-15(14(17)9-11)18-7-8-21-13-4-2-3-12(10-13)16(19)20/h2-6,9-10,18H,7-8H2,1H3,(H,19,20). The number of benzene rings is 2. The van der Waals surface area contributed by atoms with E-state index in [1.165, 1.54) is 17.7 Å². The summed E-state index contributed by atoms with van der Waals surface area (Å²) in [6, 6.07) is 12.5. The smallest absolute Gasteiger partial charge is 0.335 e. The van der Waals surface area contributed by atoms with Gasteiger partial charge in [-0.15, -0.1) is 0 Å². The molecule has 110 valence electrons. The van der Waals surface area contributed by atoms with Gasteiger partial charge in [-0.3, -0.25) is 0 Å². The fraction of sp³-hybridized carbons (Fsp3) is 0.188. The molecule has 0 saturated heterocycles. The number of ether oxygens (including phenoxy) is 1. The lowest BCUT2D eigenvalue weighted by atomic mass is 10.2. The third-order valence-electron chi connectivity index (χ3n) is 2.89. The van der Waals surface area contributed by atoms with Crippen LogP contribution >= 0.6 is 15.9 Å². The second kappa shape index (κ2) is 7.13. The average Bonchev–Trinajstić information content (AvgIpc) is 2.45. The quantitative estimate of drug-likeness (QED) is 0.775. The van der Waals surface area contributed by atoms with Gasteiger partial charge in [0.15, 0.2) is 0 Å². The van der Waals surface area contributed by atoms with Crippen molar-refractivity contribution in [3.63, 3.8) is 0 Å². The van der Waals surface area contributed by atoms with E-state index in [2.05, 4.69) is 21.2 Å². The summed E-state index contributed by atoms with van der Waals surface area (Å²) < 4.78 is 6.55. The Labute approximate surface area is 131 Å². The van der Waals surface area contributed by atoms with Crippen LogP contribution in [-0.2, 0) is 0 Å². The molecule has 2 N–H and O–H groups in total. The van der Waals surface area contributed by atoms with E-state index >= 15 is 0 Å². The molecule has 0 fully saturated rings. The predicted molar refractivity (Wildman–Crippen MR) is 86.3 cm³/mol. The maximum Gasteiger partial charge on any atom is 0.335 e. The number of nitrogens with one attached hydrogen (secondary N) is 1. The second-order valence-corrected chi connectivity index (χ2v) is 5.45. The van der Waals surface area contributed by atoms with Crippen molar-refractivity contribution in [2.24, 2.45) is 0 Å². The summed E-state index contributed by atoms with van der Waals surface area (Å²) in [6.45, 7) is 3.11. The first kappa shape index (κ1) is 15.4. The summed E-state index contributed by atoms with van der Waals surface area (Å²) in [5, 5.41) is 12.2. The molecule has 21 heavy (non-hydrogen) atoms. The minimum atomic E-state index is -0.956. The van der Waals surface area contributed by atoms with Gasteiger partial charge >= 0.3 is 5.97 Å². The number of hydrogen-bond donors (Lipinski definition) is 2. The van der Waals surface area contributed by atoms with Crippen LogP contribution in [0.1, 0.15) is 15.9 Å². The highest BCUT2D eigenvalue weighted by molar-refractivity contribution is 9.10. The number of rotatable bonds is 6. The van der Waals surface area contributed by atoms with Crippen LogP contribution in [0.5, 0.6) is 5.75 Å². The van der Waals surface area contributed by atoms with Gasteiger partial charge < -0.3 is 15.2 Å². The maximum absolute atomic E-state index is 10.9. The van der Waals surface area contributed by atoms with Gasteiger partial charge in [0, 0.05) is 16.7 Å². The van der Waals surface area contributed by atoms with E-state index in [0.29, 0.717) is 18.9 Å². The summed E-state index contributed by atoms with van der Waals surface area (Å²) >= 11 is 3.50. The van der Waals surface area contributed by atoms with Crippen molar-refractivity contribution in [3.05, 3.63) is 58.1 Å². The van der Waals surface area contributed by atoms with Crippen molar-refractivity contribution >= 4 is 27.6 Å². The zero-order valence-corrected chi connectivity index (χ0v) is 13.2. The Morgan fingerprint density at radius 3 is 2.81 bits per heavy atom. The van der Waals surface area contributed by atoms with Crippen molar-refractivity contribution in [2.75, 3.05) is 18.5 Å². The SMILES string of the molecule is Cc1ccc(NCCOc2cccc(C(=O)O)c2)c(Br)c1. The molecule has 0 bridgehead atoms. The number of anilines is 1. The number of carbonyl (C=O) groups is 1. The van der Waals surface area contributed by atoms with E-state index in [-0.39, 0.29) is 5.56 Å². The zero-order chi connectivity index (χ0) is 15.2. The Balaban J connectivity index is 1.84. The van der Waals surface area contributed by atoms with Gasteiger partial charge in [-0.1, -0.05) is 12.1 Å². The number of hydrogen-bond acceptors (Lipinski definition) is 3. The van der Waals surface area contributed by atoms with Crippen LogP contribution in [0, 0.1) is 6.92 Å². The molecule has 2 aromatic carbocycles. The van der Waals surface area contributed by atoms with Crippen LogP contribution in [0.3, 0.4) is 0 Å². The summed E-state index contributed by atoms with van der Waals surface area (Å²) in [7, 11) is 0. The second-order valence-electron chi connectivity index (χ2n) is 4.59. The van der Waals surface area contributed by atoms with Gasteiger partial charge in [-0.25, -0.2) is 4.79 Å². The Morgan fingerprint density at radius 2 is 2.10 bits per heavy atom. The van der Waals surface area contributed by atoms with E-state index in [1.807, 2.05) is 25.1 Å². The van der Waals surface area contributed by atoms with Crippen LogP contribution < -0.4 is 10.1 Å². The molecule has 0 heterocycles. The Hall–Kier alpha value is -2.01. The van der Waals surface area contributed by atoms with Gasteiger partial charge in [0.25, 0.3) is 0 Å². The molecule has 0 atom stereocenters. The van der Waals surface area contributed by atoms with E-state index in [1.54, 1.807) is 12.1 Å². The van der Waals surface area contributed by atoms with E-state index in [9.17, 15) is 4.79 Å². The van der Waals surface area contributed by atoms with Crippen LogP contribution in [0.15, 0.2) is 46.9 Å². The molecule has 0 unspecified atom stereocenters. The van der Waals surface area contributed by atoms with Crippen molar-refractivity contribution in [1.29, 1.82) is 0 Å². The number of halogens is 1. The van der Waals surface area contributed by atoms with Crippen molar-refractivity contribution in [3.8, 4) is 5.75 Å². The molecular weight excluding hydrogens is 334 g/mol. The monoisotopic (exact) mass is 349 g/mol. The van der Waals surface area contributed by atoms with E-state index < -0.39 is 5.97 Å². The Kier molecular flexibility index (Phi) is 5.22. The average molecular weight is 350 g/mol. The third-order valence-corrected chi connectivity index (χ3v) is 3.55. The minimum absolute atomic E-state index is 0.224. The molecule has 5 heteroatoms. The molecule has 0 aliphatic rings. The maximum atomic E-state index is 10.9. The fourth-order valence-electron chi connectivity index (χ4n) is 1.84. The highest BCUT2D eigenvalue weighted by atomic mass is 79.9. The molecule has 0 spiro atoms. The molecule has 0 radical (unpaired) electrons. The zero-order valence-electron chi connectivity index (χ0n) is 11.6. The van der Waals surface area contributed by atoms with Crippen LogP contribution in [-0.4, -0.2) is 24.2 Å². The highest BCUT2D eigenvalue weighted by Crippen LogP contribution is 2.23. The number of carboxylic acid groups (broad SMARTS) is 1. The van der Waals surface area contributed by atoms with Gasteiger partial charge in [0.1, 0.15) is 12.4 Å². The minimum Gasteiger partial charge on any atom is -0.492 e. The summed E-state index contributed by atoms with van der Waals surface area (Å²) in [5.74, 6) is -0.401. The molecule has 0 aliphatic carbocycles. The van der Waals surface area contributed by atoms with Crippen LogP contribution in [0.4, 0.5) is 5.69 Å². The van der Waals surface area contributed by atoms with Crippen LogP contribution in [0.25, 0.3) is 0 Å². The third kappa shape index (κ3) is 4.49. The Bertz CT molecular complexity index is 643. The molecule has 0 amide bonds. The first-order valence-electron chi connectivity index (χ1n) is 6.52. The van der Waals surface area contributed by atoms with Gasteiger partial charge in [-0.2, -0.15) is 0 Å². The van der Waals surface area contributed by atoms with Gasteiger partial charge in [-0.05, 0) is 58.7 Å². The lowest BCUT2D eigenvalue weighted by Gasteiger charge is -2.10. The van der Waals surface area contributed by atoms with Crippen LogP contribution in [0.2, 0.25) is 0 Å². The molecule has 0 aliphatic heterocycles. The summed E-state index contributed by atoms with van der Waals surface area (Å²) in [5.41, 5.74) is 2.42. The predicted octanol–water partition coefficient (Wildman–Crippen LogP) is 3.95. The molecule has 0 aromatic heterocycles. The molecule has 2 rings (SSSR count). The largest absolute Gasteiger partial charge is 0.492 e. The highest BCUT2D eigenvalue weighted by Gasteiger charge is 2.04. The summed E-state index contributed by atoms with van der Waals surface area (Å²) in [6.07, 6.45) is 0. The first-order valence-corrected chi connectivity index (χ1v) is 7.32. The van der Waals surface area contributed by atoms with E-state index in [4.69, 9.17) is 9.84 Å². The summed E-state index contributed by atoms with van der Waals surface area (Å²) in [4.78, 5) is 10.9. The Morgan fingerprint density at radius 1 is 1.29 bits per heavy atom. The lowest BCUT2D eigenvalue weighted by molar-refractivity contribution is 0.0696. The lowest BCUT2D eigenvalue weighted by Crippen LogP contribution is -2.12.